The van der Waals surface area contributed by atoms with Crippen molar-refractivity contribution in [2.75, 3.05) is 7.05 Å². The van der Waals surface area contributed by atoms with Crippen molar-refractivity contribution in [1.82, 2.24) is 5.32 Å². The second-order valence-electron chi connectivity index (χ2n) is 3.11. The first-order chi connectivity index (χ1) is 6.27. The summed E-state index contributed by atoms with van der Waals surface area (Å²) in [5.41, 5.74) is 2.42. The molecule has 0 heterocycles. The molecule has 0 saturated carbocycles. The van der Waals surface area contributed by atoms with Crippen molar-refractivity contribution in [2.24, 2.45) is 0 Å². The highest BCUT2D eigenvalue weighted by Gasteiger charge is 2.06. The van der Waals surface area contributed by atoms with Gasteiger partial charge in [0.15, 0.2) is 0 Å². The molecule has 0 aromatic heterocycles. The van der Waals surface area contributed by atoms with Crippen molar-refractivity contribution in [2.45, 2.75) is 19.4 Å². The minimum Gasteiger partial charge on any atom is -0.312 e. The summed E-state index contributed by atoms with van der Waals surface area (Å²) in [7, 11) is 1.88. The zero-order chi connectivity index (χ0) is 9.68. The van der Waals surface area contributed by atoms with Crippen LogP contribution in [0, 0.1) is 18.3 Å². The van der Waals surface area contributed by atoms with Crippen molar-refractivity contribution in [3.8, 4) is 6.07 Å². The number of rotatable bonds is 3. The van der Waals surface area contributed by atoms with Gasteiger partial charge in [0.25, 0.3) is 0 Å². The van der Waals surface area contributed by atoms with E-state index < -0.39 is 0 Å². The van der Waals surface area contributed by atoms with Crippen LogP contribution in [0.1, 0.15) is 23.6 Å². The van der Waals surface area contributed by atoms with Gasteiger partial charge >= 0.3 is 0 Å². The van der Waals surface area contributed by atoms with E-state index in [4.69, 9.17) is 5.26 Å². The zero-order valence-electron chi connectivity index (χ0n) is 8.04. The van der Waals surface area contributed by atoms with Crippen molar-refractivity contribution in [1.29, 1.82) is 5.26 Å². The van der Waals surface area contributed by atoms with Crippen LogP contribution in [-0.4, -0.2) is 7.05 Å². The van der Waals surface area contributed by atoms with Gasteiger partial charge in [-0.2, -0.15) is 5.26 Å². The Kier molecular flexibility index (Phi) is 3.48. The molecule has 1 N–H and O–H groups in total. The van der Waals surface area contributed by atoms with Crippen LogP contribution in [0.4, 0.5) is 0 Å². The number of nitrogens with zero attached hydrogens (tertiary/aromatic N) is 1. The molecule has 2 nitrogen and oxygen atoms in total. The second kappa shape index (κ2) is 4.64. The van der Waals surface area contributed by atoms with Gasteiger partial charge in [-0.1, -0.05) is 29.8 Å². The summed E-state index contributed by atoms with van der Waals surface area (Å²) in [6.45, 7) is 2.06. The maximum atomic E-state index is 8.59. The van der Waals surface area contributed by atoms with Crippen LogP contribution >= 0.6 is 0 Å². The highest BCUT2D eigenvalue weighted by molar-refractivity contribution is 5.24. The van der Waals surface area contributed by atoms with E-state index in [2.05, 4.69) is 42.6 Å². The first-order valence-electron chi connectivity index (χ1n) is 4.38. The summed E-state index contributed by atoms with van der Waals surface area (Å²) in [6.07, 6.45) is 0.513. The van der Waals surface area contributed by atoms with Crippen LogP contribution in [0.25, 0.3) is 0 Å². The Labute approximate surface area is 79.2 Å². The summed E-state index contributed by atoms with van der Waals surface area (Å²) in [5.74, 6) is 0. The van der Waals surface area contributed by atoms with E-state index >= 15 is 0 Å². The van der Waals surface area contributed by atoms with Gasteiger partial charge in [-0.05, 0) is 19.5 Å². The van der Waals surface area contributed by atoms with Gasteiger partial charge in [0.2, 0.25) is 0 Å². The Bertz CT molecular complexity index is 295. The predicted octanol–water partition coefficient (Wildman–Crippen LogP) is 2.17. The van der Waals surface area contributed by atoms with Gasteiger partial charge in [-0.25, -0.2) is 0 Å². The first-order valence-corrected chi connectivity index (χ1v) is 4.38. The third kappa shape index (κ3) is 2.57. The average molecular weight is 174 g/mol. The Balaban J connectivity index is 2.80. The molecular weight excluding hydrogens is 160 g/mol. The zero-order valence-corrected chi connectivity index (χ0v) is 8.04. The van der Waals surface area contributed by atoms with Crippen molar-refractivity contribution >= 4 is 0 Å². The summed E-state index contributed by atoms with van der Waals surface area (Å²) >= 11 is 0. The van der Waals surface area contributed by atoms with E-state index in [1.165, 1.54) is 11.1 Å². The number of nitriles is 1. The van der Waals surface area contributed by atoms with E-state index in [1.807, 2.05) is 7.05 Å². The van der Waals surface area contributed by atoms with E-state index in [-0.39, 0.29) is 6.04 Å². The molecule has 1 atom stereocenters. The van der Waals surface area contributed by atoms with E-state index in [9.17, 15) is 0 Å². The van der Waals surface area contributed by atoms with Gasteiger partial charge in [0.1, 0.15) is 0 Å². The lowest BCUT2D eigenvalue weighted by Gasteiger charge is -2.12. The van der Waals surface area contributed by atoms with E-state index in [0.29, 0.717) is 6.42 Å². The molecule has 1 aromatic rings. The van der Waals surface area contributed by atoms with Gasteiger partial charge in [-0.3, -0.25) is 0 Å². The monoisotopic (exact) mass is 174 g/mol. The molecule has 1 unspecified atom stereocenters. The van der Waals surface area contributed by atoms with Crippen LogP contribution in [0.5, 0.6) is 0 Å². The van der Waals surface area contributed by atoms with Crippen LogP contribution in [0.15, 0.2) is 24.3 Å². The molecule has 0 fully saturated rings. The van der Waals surface area contributed by atoms with Gasteiger partial charge in [-0.15, -0.1) is 0 Å². The number of hydrogen-bond acceptors (Lipinski definition) is 2. The third-order valence-corrected chi connectivity index (χ3v) is 2.12. The maximum Gasteiger partial charge on any atom is 0.0641 e. The highest BCUT2D eigenvalue weighted by Crippen LogP contribution is 2.15. The summed E-state index contributed by atoms with van der Waals surface area (Å²) < 4.78 is 0. The Morgan fingerprint density at radius 1 is 1.38 bits per heavy atom. The standard InChI is InChI=1S/C11H14N2/c1-9-3-5-10(6-4-9)11(13-2)7-8-12/h3-6,11,13H,7H2,1-2H3. The molecule has 0 aliphatic heterocycles. The molecule has 1 aromatic carbocycles. The smallest absolute Gasteiger partial charge is 0.0641 e. The van der Waals surface area contributed by atoms with E-state index in [0.717, 1.165) is 0 Å². The fraction of sp³-hybridized carbons (Fsp3) is 0.364. The average Bonchev–Trinajstić information content (AvgIpc) is 2.16. The number of hydrogen-bond donors (Lipinski definition) is 1. The fourth-order valence-corrected chi connectivity index (χ4v) is 1.28. The lowest BCUT2D eigenvalue weighted by atomic mass is 10.0. The predicted molar refractivity (Wildman–Crippen MR) is 53.2 cm³/mol. The molecule has 0 saturated heterocycles. The first kappa shape index (κ1) is 9.76. The lowest BCUT2D eigenvalue weighted by molar-refractivity contribution is 0.608. The topological polar surface area (TPSA) is 35.8 Å². The Morgan fingerprint density at radius 3 is 2.46 bits per heavy atom. The van der Waals surface area contributed by atoms with E-state index in [1.54, 1.807) is 0 Å². The summed E-state index contributed by atoms with van der Waals surface area (Å²) in [4.78, 5) is 0. The molecule has 0 aliphatic rings. The fourth-order valence-electron chi connectivity index (χ4n) is 1.28. The van der Waals surface area contributed by atoms with Crippen LogP contribution in [0.3, 0.4) is 0 Å². The highest BCUT2D eigenvalue weighted by atomic mass is 14.9. The molecule has 68 valence electrons. The molecular formula is C11H14N2. The second-order valence-corrected chi connectivity index (χ2v) is 3.11. The van der Waals surface area contributed by atoms with Gasteiger partial charge in [0, 0.05) is 6.04 Å². The lowest BCUT2D eigenvalue weighted by Crippen LogP contribution is -2.15. The van der Waals surface area contributed by atoms with Gasteiger partial charge < -0.3 is 5.32 Å². The largest absolute Gasteiger partial charge is 0.312 e. The Morgan fingerprint density at radius 2 is 2.00 bits per heavy atom. The molecule has 0 aliphatic carbocycles. The van der Waals surface area contributed by atoms with Crippen molar-refractivity contribution < 1.29 is 0 Å². The molecule has 0 spiro atoms. The SMILES string of the molecule is CNC(CC#N)c1ccc(C)cc1. The molecule has 1 rings (SSSR count). The summed E-state index contributed by atoms with van der Waals surface area (Å²) in [6, 6.07) is 10.6. The maximum absolute atomic E-state index is 8.59. The van der Waals surface area contributed by atoms with Crippen LogP contribution < -0.4 is 5.32 Å². The summed E-state index contributed by atoms with van der Waals surface area (Å²) in [5, 5.41) is 11.7. The minimum absolute atomic E-state index is 0.158. The Hall–Kier alpha value is -1.33. The molecule has 0 amide bonds. The number of aryl methyl sites for hydroxylation is 1. The van der Waals surface area contributed by atoms with Crippen molar-refractivity contribution in [3.63, 3.8) is 0 Å². The number of benzene rings is 1. The molecule has 2 heteroatoms. The van der Waals surface area contributed by atoms with Crippen LogP contribution in [0.2, 0.25) is 0 Å². The third-order valence-electron chi connectivity index (χ3n) is 2.12. The molecule has 0 bridgehead atoms. The minimum atomic E-state index is 0.158. The number of nitrogens with one attached hydrogen (secondary N) is 1. The van der Waals surface area contributed by atoms with Crippen LogP contribution in [-0.2, 0) is 0 Å². The molecule has 0 radical (unpaired) electrons. The molecule has 13 heavy (non-hydrogen) atoms. The van der Waals surface area contributed by atoms with Gasteiger partial charge in [0.05, 0.1) is 12.5 Å². The normalized spacial score (nSPS) is 12.1. The quantitative estimate of drug-likeness (QED) is 0.762. The van der Waals surface area contributed by atoms with Crippen molar-refractivity contribution in [3.05, 3.63) is 35.4 Å².